The molecule has 0 amide bonds. The van der Waals surface area contributed by atoms with Gasteiger partial charge >= 0.3 is 0 Å². The van der Waals surface area contributed by atoms with E-state index >= 15 is 0 Å². The first kappa shape index (κ1) is 30.7. The van der Waals surface area contributed by atoms with Crippen LogP contribution in [0.5, 0.6) is 0 Å². The van der Waals surface area contributed by atoms with E-state index in [-0.39, 0.29) is 0 Å². The summed E-state index contributed by atoms with van der Waals surface area (Å²) in [6.45, 7) is 8.61. The maximum Gasteiger partial charge on any atom is 0.114 e. The Morgan fingerprint density at radius 1 is 0.946 bits per heavy atom. The molecule has 1 saturated heterocycles. The second-order valence-electron chi connectivity index (χ2n) is 10.2. The molecule has 0 saturated carbocycles. The van der Waals surface area contributed by atoms with Crippen LogP contribution in [0.2, 0.25) is 0 Å². The second-order valence-corrected chi connectivity index (χ2v) is 11.6. The van der Waals surface area contributed by atoms with Crippen molar-refractivity contribution in [1.82, 2.24) is 9.88 Å². The molecule has 1 aliphatic heterocycles. The minimum atomic E-state index is 0.358. The molecule has 1 N–H and O–H groups in total. The topological polar surface area (TPSA) is 17.0 Å². The van der Waals surface area contributed by atoms with Crippen LogP contribution in [0.3, 0.4) is 0 Å². The van der Waals surface area contributed by atoms with Gasteiger partial charge in [0.15, 0.2) is 0 Å². The molecule has 37 heavy (non-hydrogen) atoms. The van der Waals surface area contributed by atoms with Gasteiger partial charge in [-0.15, -0.1) is 37.9 Å². The minimum absolute atomic E-state index is 0.358. The van der Waals surface area contributed by atoms with Crippen LogP contribution in [-0.2, 0) is 0 Å². The molecule has 1 atom stereocenters. The van der Waals surface area contributed by atoms with E-state index in [0.717, 1.165) is 65.3 Å². The Hall–Kier alpha value is -0.880. The smallest absolute Gasteiger partial charge is 0.114 e. The molecular formula is C30H42B2N2S3. The van der Waals surface area contributed by atoms with Crippen molar-refractivity contribution in [3.63, 3.8) is 0 Å². The third-order valence-electron chi connectivity index (χ3n) is 7.42. The van der Waals surface area contributed by atoms with Crippen LogP contribution >= 0.6 is 37.9 Å². The van der Waals surface area contributed by atoms with Crippen LogP contribution < -0.4 is 16.2 Å². The van der Waals surface area contributed by atoms with E-state index in [2.05, 4.69) is 47.7 Å². The molecule has 1 aromatic heterocycles. The van der Waals surface area contributed by atoms with Crippen LogP contribution in [0.1, 0.15) is 95.5 Å². The zero-order valence-electron chi connectivity index (χ0n) is 22.4. The molecule has 1 aromatic carbocycles. The normalized spacial score (nSPS) is 16.2. The summed E-state index contributed by atoms with van der Waals surface area (Å²) in [5, 5.41) is 5.40. The Balaban J connectivity index is 1.55. The number of fused-ring (bicyclic) bond motifs is 1. The molecule has 0 bridgehead atoms. The van der Waals surface area contributed by atoms with Crippen LogP contribution in [0.4, 0.5) is 0 Å². The standard InChI is InChI=1S/C30H42B2N2S3/c1-3-4-5-6-7-8-9-10-11-12-13-14-15-16-17-21(2)34-27-24(28(35)25(31)26(32)29(27)36)23(30(34)37)22-18-19-33-20-22/h7-10,22,33,35-37H,2-6,11-20H2,1H3/b8-7-,10-9-/t22-/m0/s1. The van der Waals surface area contributed by atoms with Gasteiger partial charge in [-0.2, -0.15) is 0 Å². The average molecular weight is 549 g/mol. The van der Waals surface area contributed by atoms with Crippen molar-refractivity contribution in [3.8, 4) is 0 Å². The fourth-order valence-electron chi connectivity index (χ4n) is 5.25. The first-order chi connectivity index (χ1) is 17.9. The van der Waals surface area contributed by atoms with Gasteiger partial charge in [0, 0.05) is 33.3 Å². The number of rotatable bonds is 15. The van der Waals surface area contributed by atoms with Gasteiger partial charge in [-0.25, -0.2) is 0 Å². The molecule has 2 heterocycles. The molecular weight excluding hydrogens is 506 g/mol. The maximum atomic E-state index is 6.32. The number of unbranched alkanes of at least 4 members (excludes halogenated alkanes) is 8. The Morgan fingerprint density at radius 3 is 2.22 bits per heavy atom. The fraction of sp³-hybridized carbons (Fsp3) is 0.533. The lowest BCUT2D eigenvalue weighted by Gasteiger charge is -2.16. The molecule has 3 rings (SSSR count). The predicted octanol–water partition coefficient (Wildman–Crippen LogP) is 7.07. The van der Waals surface area contributed by atoms with E-state index in [1.807, 2.05) is 0 Å². The van der Waals surface area contributed by atoms with E-state index in [0.29, 0.717) is 21.7 Å². The van der Waals surface area contributed by atoms with Crippen LogP contribution in [0.25, 0.3) is 16.6 Å². The molecule has 2 nitrogen and oxygen atoms in total. The molecule has 0 aliphatic carbocycles. The first-order valence-electron chi connectivity index (χ1n) is 14.0. The lowest BCUT2D eigenvalue weighted by molar-refractivity contribution is 0.620. The highest BCUT2D eigenvalue weighted by Gasteiger charge is 2.29. The van der Waals surface area contributed by atoms with Gasteiger partial charge in [-0.3, -0.25) is 0 Å². The Bertz CT molecular complexity index is 1110. The number of benzene rings is 1. The molecule has 196 valence electrons. The first-order valence-corrected chi connectivity index (χ1v) is 15.3. The molecule has 1 aliphatic rings. The van der Waals surface area contributed by atoms with E-state index < -0.39 is 0 Å². The summed E-state index contributed by atoms with van der Waals surface area (Å²) in [5.41, 5.74) is 4.09. The number of aromatic nitrogens is 1. The Kier molecular flexibility index (Phi) is 13.0. The monoisotopic (exact) mass is 548 g/mol. The van der Waals surface area contributed by atoms with E-state index in [1.165, 1.54) is 56.9 Å². The van der Waals surface area contributed by atoms with Crippen LogP contribution in [-0.4, -0.2) is 33.3 Å². The summed E-state index contributed by atoms with van der Waals surface area (Å²) < 4.78 is 2.14. The number of hydrogen-bond acceptors (Lipinski definition) is 4. The lowest BCUT2D eigenvalue weighted by Crippen LogP contribution is -2.29. The number of nitrogens with zero attached hydrogens (tertiary/aromatic N) is 1. The molecule has 4 radical (unpaired) electrons. The molecule has 7 heteroatoms. The van der Waals surface area contributed by atoms with Crippen molar-refractivity contribution in [2.75, 3.05) is 13.1 Å². The van der Waals surface area contributed by atoms with Gasteiger partial charge in [-0.05, 0) is 57.1 Å². The summed E-state index contributed by atoms with van der Waals surface area (Å²) >= 11 is 14.6. The van der Waals surface area contributed by atoms with Crippen LogP contribution in [0, 0.1) is 0 Å². The highest BCUT2D eigenvalue weighted by atomic mass is 32.1. The molecule has 1 fully saturated rings. The number of hydrogen-bond donors (Lipinski definition) is 4. The molecule has 2 aromatic rings. The SMILES string of the molecule is [B]c1c([B])c(S)c2c(c1S)c([C@H]1CCNC1)c(S)n2C(=C)CCCCCCC/C=C\C=C/CCCCC. The van der Waals surface area contributed by atoms with Crippen molar-refractivity contribution in [2.45, 2.75) is 105 Å². The summed E-state index contributed by atoms with van der Waals surface area (Å²) in [7, 11) is 12.6. The highest BCUT2D eigenvalue weighted by Crippen LogP contribution is 2.42. The largest absolute Gasteiger partial charge is 0.316 e. The van der Waals surface area contributed by atoms with Gasteiger partial charge in [0.25, 0.3) is 0 Å². The van der Waals surface area contributed by atoms with Gasteiger partial charge in [-0.1, -0.05) is 80.8 Å². The average Bonchev–Trinajstić information content (AvgIpc) is 3.52. The predicted molar refractivity (Wildman–Crippen MR) is 175 cm³/mol. The highest BCUT2D eigenvalue weighted by molar-refractivity contribution is 7.81. The zero-order valence-corrected chi connectivity index (χ0v) is 25.1. The molecule has 0 unspecified atom stereocenters. The van der Waals surface area contributed by atoms with Crippen molar-refractivity contribution in [2.24, 2.45) is 0 Å². The third-order valence-corrected chi connectivity index (χ3v) is 8.78. The molecule has 0 spiro atoms. The van der Waals surface area contributed by atoms with Gasteiger partial charge in [0.1, 0.15) is 15.7 Å². The lowest BCUT2D eigenvalue weighted by atomic mass is 9.79. The van der Waals surface area contributed by atoms with Crippen molar-refractivity contribution in [3.05, 3.63) is 36.4 Å². The zero-order chi connectivity index (χ0) is 26.8. The van der Waals surface area contributed by atoms with Crippen molar-refractivity contribution < 1.29 is 0 Å². The summed E-state index contributed by atoms with van der Waals surface area (Å²) in [4.78, 5) is 1.40. The quantitative estimate of drug-likeness (QED) is 0.0811. The summed E-state index contributed by atoms with van der Waals surface area (Å²) in [5.74, 6) is 0.358. The Morgan fingerprint density at radius 2 is 1.57 bits per heavy atom. The maximum absolute atomic E-state index is 6.32. The summed E-state index contributed by atoms with van der Waals surface area (Å²) in [6, 6.07) is 0. The van der Waals surface area contributed by atoms with E-state index in [4.69, 9.17) is 53.6 Å². The Labute approximate surface area is 244 Å². The van der Waals surface area contributed by atoms with E-state index in [9.17, 15) is 0 Å². The van der Waals surface area contributed by atoms with Gasteiger partial charge in [0.05, 0.1) is 10.5 Å². The minimum Gasteiger partial charge on any atom is -0.316 e. The van der Waals surface area contributed by atoms with Gasteiger partial charge in [0.2, 0.25) is 0 Å². The number of thiol groups is 3. The second kappa shape index (κ2) is 15.6. The van der Waals surface area contributed by atoms with Crippen LogP contribution in [0.15, 0.2) is 45.7 Å². The van der Waals surface area contributed by atoms with E-state index in [1.54, 1.807) is 0 Å². The third kappa shape index (κ3) is 7.84. The summed E-state index contributed by atoms with van der Waals surface area (Å²) in [6.07, 6.45) is 23.3. The number of nitrogens with one attached hydrogen (secondary N) is 1. The van der Waals surface area contributed by atoms with Crippen molar-refractivity contribution in [1.29, 1.82) is 0 Å². The van der Waals surface area contributed by atoms with Gasteiger partial charge < -0.3 is 9.88 Å². The number of allylic oxidation sites excluding steroid dienone is 5. The fourth-order valence-corrected chi connectivity index (χ4v) is 6.46. The van der Waals surface area contributed by atoms with Crippen molar-refractivity contribution >= 4 is 81.1 Å².